The smallest absolute Gasteiger partial charge is 0.251 e. The van der Waals surface area contributed by atoms with Crippen molar-refractivity contribution in [3.05, 3.63) is 53.1 Å². The van der Waals surface area contributed by atoms with Crippen molar-refractivity contribution in [3.63, 3.8) is 0 Å². The van der Waals surface area contributed by atoms with Crippen molar-refractivity contribution in [2.45, 2.75) is 19.8 Å². The van der Waals surface area contributed by atoms with Crippen molar-refractivity contribution in [1.29, 1.82) is 0 Å². The number of rotatable bonds is 3. The number of nitrogens with two attached hydrogens (primary N) is 1. The number of nitrogens with zero attached hydrogens (tertiary/aromatic N) is 4. The number of anilines is 1. The molecule has 0 atom stereocenters. The Labute approximate surface area is 159 Å². The maximum Gasteiger partial charge on any atom is 0.251 e. The van der Waals surface area contributed by atoms with E-state index in [9.17, 15) is 13.2 Å². The number of aromatic nitrogens is 2. The number of halogens is 4. The monoisotopic (exact) mass is 397 g/mol. The van der Waals surface area contributed by atoms with Gasteiger partial charge in [-0.15, -0.1) is 0 Å². The van der Waals surface area contributed by atoms with Crippen molar-refractivity contribution in [1.82, 2.24) is 9.66 Å². The van der Waals surface area contributed by atoms with Gasteiger partial charge in [-0.1, -0.05) is 25.1 Å². The molecule has 1 saturated heterocycles. The summed E-state index contributed by atoms with van der Waals surface area (Å²) in [5.74, 6) is 3.76. The number of hydrogen-bond donors (Lipinski definition) is 1. The van der Waals surface area contributed by atoms with E-state index in [1.165, 1.54) is 6.20 Å². The van der Waals surface area contributed by atoms with Crippen LogP contribution in [0.15, 0.2) is 29.9 Å². The van der Waals surface area contributed by atoms with Crippen LogP contribution in [0.2, 0.25) is 5.15 Å². The summed E-state index contributed by atoms with van der Waals surface area (Å²) in [6.07, 6.45) is 2.99. The van der Waals surface area contributed by atoms with Crippen molar-refractivity contribution >= 4 is 17.4 Å². The molecule has 27 heavy (non-hydrogen) atoms. The molecule has 144 valence electrons. The Kier molecular flexibility index (Phi) is 5.46. The van der Waals surface area contributed by atoms with Gasteiger partial charge in [0, 0.05) is 31.4 Å². The molecule has 1 aliphatic rings. The molecular formula is C18H19ClF3N5. The fourth-order valence-corrected chi connectivity index (χ4v) is 3.46. The van der Waals surface area contributed by atoms with Gasteiger partial charge in [0.15, 0.2) is 0 Å². The van der Waals surface area contributed by atoms with E-state index in [4.69, 9.17) is 17.4 Å². The van der Waals surface area contributed by atoms with Crippen LogP contribution in [-0.4, -0.2) is 22.7 Å². The van der Waals surface area contributed by atoms with Crippen molar-refractivity contribution in [3.8, 4) is 11.1 Å². The maximum absolute atomic E-state index is 14.5. The van der Waals surface area contributed by atoms with Gasteiger partial charge in [-0.05, 0) is 18.8 Å². The number of hydrogen-bond acceptors (Lipinski definition) is 4. The Hall–Kier alpha value is -2.48. The van der Waals surface area contributed by atoms with Crippen LogP contribution in [0.5, 0.6) is 0 Å². The highest BCUT2D eigenvalue weighted by molar-refractivity contribution is 6.32. The molecular weight excluding hydrogens is 379 g/mol. The molecule has 0 radical (unpaired) electrons. The summed E-state index contributed by atoms with van der Waals surface area (Å²) in [5, 5.41) is -0.185. The number of benzene rings is 1. The van der Waals surface area contributed by atoms with Crippen LogP contribution in [0.1, 0.15) is 19.8 Å². The molecule has 0 saturated carbocycles. The first kappa shape index (κ1) is 19.3. The summed E-state index contributed by atoms with van der Waals surface area (Å²) in [6.45, 7) is 6.86. The predicted molar refractivity (Wildman–Crippen MR) is 99.1 cm³/mol. The second-order valence-electron chi connectivity index (χ2n) is 6.50. The third-order valence-electron chi connectivity index (χ3n) is 4.62. The highest BCUT2D eigenvalue weighted by Gasteiger charge is 2.28. The van der Waals surface area contributed by atoms with E-state index in [1.54, 1.807) is 0 Å². The number of piperidine rings is 1. The third-order valence-corrected chi connectivity index (χ3v) is 4.89. The quantitative estimate of drug-likeness (QED) is 0.635. The van der Waals surface area contributed by atoms with Gasteiger partial charge >= 0.3 is 0 Å². The van der Waals surface area contributed by atoms with Crippen LogP contribution in [0.3, 0.4) is 0 Å². The van der Waals surface area contributed by atoms with Crippen LogP contribution >= 0.6 is 11.6 Å². The molecule has 0 amide bonds. The minimum atomic E-state index is -1.09. The van der Waals surface area contributed by atoms with Crippen molar-refractivity contribution in [2.24, 2.45) is 10.9 Å². The van der Waals surface area contributed by atoms with E-state index in [2.05, 4.69) is 23.5 Å². The van der Waals surface area contributed by atoms with Gasteiger partial charge in [0.2, 0.25) is 0 Å². The highest BCUT2D eigenvalue weighted by atomic mass is 35.5. The van der Waals surface area contributed by atoms with E-state index in [0.29, 0.717) is 31.1 Å². The summed E-state index contributed by atoms with van der Waals surface area (Å²) >= 11 is 6.28. The molecule has 0 unspecified atom stereocenters. The van der Waals surface area contributed by atoms with Gasteiger partial charge in [-0.25, -0.2) is 22.8 Å². The zero-order valence-corrected chi connectivity index (χ0v) is 15.5. The van der Waals surface area contributed by atoms with Crippen molar-refractivity contribution in [2.75, 3.05) is 23.8 Å². The molecule has 2 heterocycles. The van der Waals surface area contributed by atoms with E-state index >= 15 is 0 Å². The Morgan fingerprint density at radius 2 is 1.81 bits per heavy atom. The highest BCUT2D eigenvalue weighted by Crippen LogP contribution is 2.38. The maximum atomic E-state index is 14.5. The molecule has 0 aliphatic carbocycles. The molecule has 1 aromatic heterocycles. The van der Waals surface area contributed by atoms with Gasteiger partial charge in [0.25, 0.3) is 5.62 Å². The zero-order valence-electron chi connectivity index (χ0n) is 14.7. The molecule has 1 aliphatic heterocycles. The molecule has 5 nitrogen and oxygen atoms in total. The van der Waals surface area contributed by atoms with Crippen LogP contribution < -0.4 is 16.4 Å². The lowest BCUT2D eigenvalue weighted by Gasteiger charge is -2.34. The van der Waals surface area contributed by atoms with E-state index in [1.807, 2.05) is 4.90 Å². The Balaban J connectivity index is 2.32. The standard InChI is InChI=1S/C18H19ClF3N5/c1-3-24-18-25-16(19)15(14-12(21)8-11(20)9-13(14)22)17(27(18)23)26-6-4-10(2)5-7-26/h3,8-10H,1,4-7,23H2,2H3. The second-order valence-corrected chi connectivity index (χ2v) is 6.85. The van der Waals surface area contributed by atoms with Gasteiger partial charge in [0.05, 0.1) is 11.1 Å². The van der Waals surface area contributed by atoms with Gasteiger partial charge in [-0.3, -0.25) is 0 Å². The van der Waals surface area contributed by atoms with Gasteiger partial charge in [-0.2, -0.15) is 4.98 Å². The SMILES string of the molecule is C=CN=c1nc(Cl)c(-c2c(F)cc(F)cc2F)c(N2CCC(C)CC2)n1N. The molecule has 1 fully saturated rings. The van der Waals surface area contributed by atoms with Crippen molar-refractivity contribution < 1.29 is 13.2 Å². The fraction of sp³-hybridized carbons (Fsp3) is 0.333. The lowest BCUT2D eigenvalue weighted by Crippen LogP contribution is -2.41. The van der Waals surface area contributed by atoms with E-state index < -0.39 is 23.0 Å². The Morgan fingerprint density at radius 1 is 1.22 bits per heavy atom. The molecule has 1 aromatic carbocycles. The minimum Gasteiger partial charge on any atom is -0.356 e. The largest absolute Gasteiger partial charge is 0.356 e. The summed E-state index contributed by atoms with van der Waals surface area (Å²) in [4.78, 5) is 9.87. The molecule has 2 aromatic rings. The summed E-state index contributed by atoms with van der Waals surface area (Å²) in [6, 6.07) is 1.19. The first-order chi connectivity index (χ1) is 12.8. The Bertz CT molecular complexity index is 926. The molecule has 3 rings (SSSR count). The van der Waals surface area contributed by atoms with E-state index in [0.717, 1.165) is 17.5 Å². The van der Waals surface area contributed by atoms with Gasteiger partial charge < -0.3 is 10.7 Å². The van der Waals surface area contributed by atoms with Crippen LogP contribution in [0, 0.1) is 23.4 Å². The fourth-order valence-electron chi connectivity index (χ4n) is 3.20. The average Bonchev–Trinajstić information content (AvgIpc) is 2.59. The first-order valence-electron chi connectivity index (χ1n) is 8.45. The second kappa shape index (κ2) is 7.64. The topological polar surface area (TPSA) is 59.4 Å². The molecule has 9 heteroatoms. The van der Waals surface area contributed by atoms with Crippen LogP contribution in [0.4, 0.5) is 19.0 Å². The number of nitrogen functional groups attached to an aromatic ring is 1. The predicted octanol–water partition coefficient (Wildman–Crippen LogP) is 3.62. The minimum absolute atomic E-state index is 0.0354. The lowest BCUT2D eigenvalue weighted by molar-refractivity contribution is 0.434. The zero-order chi connectivity index (χ0) is 19.7. The van der Waals surface area contributed by atoms with Gasteiger partial charge in [0.1, 0.15) is 28.4 Å². The molecule has 0 spiro atoms. The normalized spacial score (nSPS) is 16.0. The summed E-state index contributed by atoms with van der Waals surface area (Å²) in [7, 11) is 0. The lowest BCUT2D eigenvalue weighted by atomic mass is 9.98. The van der Waals surface area contributed by atoms with E-state index in [-0.39, 0.29) is 22.2 Å². The molecule has 0 bridgehead atoms. The molecule has 2 N–H and O–H groups in total. The van der Waals surface area contributed by atoms with Crippen LogP contribution in [-0.2, 0) is 0 Å². The first-order valence-corrected chi connectivity index (χ1v) is 8.83. The average molecular weight is 398 g/mol. The Morgan fingerprint density at radius 3 is 2.37 bits per heavy atom. The summed E-state index contributed by atoms with van der Waals surface area (Å²) < 4.78 is 43.5. The third kappa shape index (κ3) is 3.66. The summed E-state index contributed by atoms with van der Waals surface area (Å²) in [5.41, 5.74) is -0.478. The van der Waals surface area contributed by atoms with Crippen LogP contribution in [0.25, 0.3) is 11.1 Å².